The van der Waals surface area contributed by atoms with Crippen molar-refractivity contribution in [1.29, 1.82) is 0 Å². The van der Waals surface area contributed by atoms with Gasteiger partial charge in [0.15, 0.2) is 6.10 Å². The number of aliphatic hydroxyl groups is 1. The fourth-order valence-electron chi connectivity index (χ4n) is 1.38. The van der Waals surface area contributed by atoms with Crippen LogP contribution in [0.1, 0.15) is 18.6 Å². The number of nitrogens with one attached hydrogen (secondary N) is 1. The molecular formula is C10H11N3O3. The predicted octanol–water partition coefficient (Wildman–Crippen LogP) is 0.554. The molecule has 1 aromatic heterocycles. The number of hydrogen-bond donors (Lipinski definition) is 2. The lowest BCUT2D eigenvalue weighted by molar-refractivity contribution is -0.153. The number of aliphatic hydroxyl groups excluding tert-OH is 1. The van der Waals surface area contributed by atoms with E-state index in [1.54, 1.807) is 25.1 Å². The van der Waals surface area contributed by atoms with Crippen LogP contribution in [-0.2, 0) is 9.53 Å². The van der Waals surface area contributed by atoms with Crippen LogP contribution < -0.4 is 0 Å². The Balaban J connectivity index is 2.28. The van der Waals surface area contributed by atoms with Crippen LogP contribution in [0.4, 0.5) is 0 Å². The molecule has 2 N–H and O–H groups in total. The average molecular weight is 221 g/mol. The SMILES string of the molecule is CCOC(=O)C(O)c1ccc2n[nH]nc2c1. The maximum Gasteiger partial charge on any atom is 0.339 e. The quantitative estimate of drug-likeness (QED) is 0.739. The number of aromatic nitrogens is 3. The van der Waals surface area contributed by atoms with E-state index >= 15 is 0 Å². The molecule has 0 saturated carbocycles. The van der Waals surface area contributed by atoms with Gasteiger partial charge in [-0.1, -0.05) is 6.07 Å². The first-order valence-electron chi connectivity index (χ1n) is 4.87. The molecule has 2 aromatic rings. The van der Waals surface area contributed by atoms with Gasteiger partial charge in [0.1, 0.15) is 11.0 Å². The molecule has 84 valence electrons. The Morgan fingerprint density at radius 2 is 2.25 bits per heavy atom. The van der Waals surface area contributed by atoms with Crippen molar-refractivity contribution in [3.8, 4) is 0 Å². The largest absolute Gasteiger partial charge is 0.464 e. The molecule has 6 heteroatoms. The molecule has 1 aromatic carbocycles. The summed E-state index contributed by atoms with van der Waals surface area (Å²) in [6, 6.07) is 4.89. The monoisotopic (exact) mass is 221 g/mol. The second-order valence-corrected chi connectivity index (χ2v) is 3.23. The van der Waals surface area contributed by atoms with E-state index in [0.717, 1.165) is 0 Å². The van der Waals surface area contributed by atoms with Gasteiger partial charge < -0.3 is 9.84 Å². The third-order valence-electron chi connectivity index (χ3n) is 2.17. The van der Waals surface area contributed by atoms with E-state index in [1.165, 1.54) is 0 Å². The van der Waals surface area contributed by atoms with Gasteiger partial charge in [0, 0.05) is 0 Å². The topological polar surface area (TPSA) is 88.1 Å². The molecule has 6 nitrogen and oxygen atoms in total. The third kappa shape index (κ3) is 1.87. The van der Waals surface area contributed by atoms with Crippen LogP contribution in [0, 0.1) is 0 Å². The van der Waals surface area contributed by atoms with Crippen LogP contribution in [0.3, 0.4) is 0 Å². The number of nitrogens with zero attached hydrogens (tertiary/aromatic N) is 2. The highest BCUT2D eigenvalue weighted by molar-refractivity contribution is 5.80. The fraction of sp³-hybridized carbons (Fsp3) is 0.300. The molecular weight excluding hydrogens is 210 g/mol. The van der Waals surface area contributed by atoms with Crippen molar-refractivity contribution in [3.05, 3.63) is 23.8 Å². The number of hydrogen-bond acceptors (Lipinski definition) is 5. The summed E-state index contributed by atoms with van der Waals surface area (Å²) in [7, 11) is 0. The number of H-pyrrole nitrogens is 1. The third-order valence-corrected chi connectivity index (χ3v) is 2.17. The molecule has 0 aliphatic heterocycles. The zero-order valence-corrected chi connectivity index (χ0v) is 8.67. The molecule has 0 aliphatic carbocycles. The van der Waals surface area contributed by atoms with E-state index in [-0.39, 0.29) is 6.61 Å². The van der Waals surface area contributed by atoms with Gasteiger partial charge in [0.05, 0.1) is 6.61 Å². The minimum Gasteiger partial charge on any atom is -0.464 e. The zero-order chi connectivity index (χ0) is 11.5. The first kappa shape index (κ1) is 10.6. The summed E-state index contributed by atoms with van der Waals surface area (Å²) < 4.78 is 4.72. The lowest BCUT2D eigenvalue weighted by Gasteiger charge is -2.09. The number of carbonyl (C=O) groups is 1. The fourth-order valence-corrected chi connectivity index (χ4v) is 1.38. The van der Waals surface area contributed by atoms with Gasteiger partial charge in [-0.05, 0) is 24.6 Å². The minimum absolute atomic E-state index is 0.238. The minimum atomic E-state index is -1.28. The van der Waals surface area contributed by atoms with Gasteiger partial charge in [-0.3, -0.25) is 0 Å². The summed E-state index contributed by atoms with van der Waals surface area (Å²) in [6.07, 6.45) is -1.28. The van der Waals surface area contributed by atoms with Crippen molar-refractivity contribution in [3.63, 3.8) is 0 Å². The van der Waals surface area contributed by atoms with Crippen molar-refractivity contribution >= 4 is 17.0 Å². The first-order valence-corrected chi connectivity index (χ1v) is 4.87. The Morgan fingerprint density at radius 3 is 3.00 bits per heavy atom. The Hall–Kier alpha value is -1.95. The van der Waals surface area contributed by atoms with E-state index in [2.05, 4.69) is 15.4 Å². The molecule has 0 fully saturated rings. The molecule has 0 aliphatic rings. The standard InChI is InChI=1S/C10H11N3O3/c1-2-16-10(15)9(14)6-3-4-7-8(5-6)12-13-11-7/h3-5,9,14H,2H2,1H3,(H,11,12,13). The summed E-state index contributed by atoms with van der Waals surface area (Å²) in [5.74, 6) is -0.662. The van der Waals surface area contributed by atoms with E-state index in [1.807, 2.05) is 0 Å². The molecule has 0 spiro atoms. The summed E-state index contributed by atoms with van der Waals surface area (Å²) >= 11 is 0. The average Bonchev–Trinajstić information content (AvgIpc) is 2.75. The van der Waals surface area contributed by atoms with Crippen LogP contribution in [0.2, 0.25) is 0 Å². The highest BCUT2D eigenvalue weighted by atomic mass is 16.5. The summed E-state index contributed by atoms with van der Waals surface area (Å²) in [4.78, 5) is 11.3. The Kier molecular flexibility index (Phi) is 2.82. The maximum absolute atomic E-state index is 11.3. The number of aromatic amines is 1. The molecule has 1 heterocycles. The van der Waals surface area contributed by atoms with Crippen molar-refractivity contribution in [2.24, 2.45) is 0 Å². The number of esters is 1. The van der Waals surface area contributed by atoms with Gasteiger partial charge in [-0.15, -0.1) is 0 Å². The second-order valence-electron chi connectivity index (χ2n) is 3.23. The lowest BCUT2D eigenvalue weighted by atomic mass is 10.1. The van der Waals surface area contributed by atoms with E-state index in [0.29, 0.717) is 16.6 Å². The van der Waals surface area contributed by atoms with Crippen molar-refractivity contribution in [2.75, 3.05) is 6.61 Å². The molecule has 0 radical (unpaired) electrons. The van der Waals surface area contributed by atoms with Crippen molar-refractivity contribution < 1.29 is 14.6 Å². The smallest absolute Gasteiger partial charge is 0.339 e. The number of carbonyl (C=O) groups excluding carboxylic acids is 1. The molecule has 1 unspecified atom stereocenters. The molecule has 1 atom stereocenters. The van der Waals surface area contributed by atoms with Gasteiger partial charge in [-0.2, -0.15) is 15.4 Å². The summed E-state index contributed by atoms with van der Waals surface area (Å²) in [5, 5.41) is 19.9. The molecule has 2 rings (SSSR count). The van der Waals surface area contributed by atoms with Gasteiger partial charge >= 0.3 is 5.97 Å². The van der Waals surface area contributed by atoms with Crippen LogP contribution in [0.5, 0.6) is 0 Å². The summed E-state index contributed by atoms with van der Waals surface area (Å²) in [5.41, 5.74) is 1.72. The van der Waals surface area contributed by atoms with Crippen LogP contribution in [0.15, 0.2) is 18.2 Å². The van der Waals surface area contributed by atoms with Crippen LogP contribution in [-0.4, -0.2) is 33.1 Å². The van der Waals surface area contributed by atoms with Crippen LogP contribution in [0.25, 0.3) is 11.0 Å². The van der Waals surface area contributed by atoms with E-state index in [9.17, 15) is 9.90 Å². The number of fused-ring (bicyclic) bond motifs is 1. The molecule has 0 bridgehead atoms. The normalized spacial score (nSPS) is 12.6. The number of ether oxygens (including phenoxy) is 1. The molecule has 0 saturated heterocycles. The van der Waals surface area contributed by atoms with E-state index < -0.39 is 12.1 Å². The lowest BCUT2D eigenvalue weighted by Crippen LogP contribution is -2.15. The van der Waals surface area contributed by atoms with Crippen LogP contribution >= 0.6 is 0 Å². The Labute approximate surface area is 91.2 Å². The van der Waals surface area contributed by atoms with E-state index in [4.69, 9.17) is 4.74 Å². The van der Waals surface area contributed by atoms with Gasteiger partial charge in [0.25, 0.3) is 0 Å². The highest BCUT2D eigenvalue weighted by Gasteiger charge is 2.19. The Bertz CT molecular complexity index is 509. The summed E-state index contributed by atoms with van der Waals surface area (Å²) in [6.45, 7) is 1.92. The highest BCUT2D eigenvalue weighted by Crippen LogP contribution is 2.18. The van der Waals surface area contributed by atoms with Gasteiger partial charge in [0.2, 0.25) is 0 Å². The number of rotatable bonds is 3. The van der Waals surface area contributed by atoms with Crippen molar-refractivity contribution in [2.45, 2.75) is 13.0 Å². The zero-order valence-electron chi connectivity index (χ0n) is 8.67. The number of benzene rings is 1. The predicted molar refractivity (Wildman–Crippen MR) is 55.5 cm³/mol. The van der Waals surface area contributed by atoms with Crippen molar-refractivity contribution in [1.82, 2.24) is 15.4 Å². The maximum atomic E-state index is 11.3. The van der Waals surface area contributed by atoms with Gasteiger partial charge in [-0.25, -0.2) is 4.79 Å². The second kappa shape index (κ2) is 4.28. The molecule has 0 amide bonds. The first-order chi connectivity index (χ1) is 7.72. The molecule has 16 heavy (non-hydrogen) atoms. The Morgan fingerprint density at radius 1 is 1.50 bits per heavy atom.